The normalized spacial score (nSPS) is 10.7. The molecule has 4 heteroatoms. The van der Waals surface area contributed by atoms with E-state index in [4.69, 9.17) is 0 Å². The second kappa shape index (κ2) is 5.17. The van der Waals surface area contributed by atoms with Gasteiger partial charge in [-0.05, 0) is 24.6 Å². The number of rotatable bonds is 3. The van der Waals surface area contributed by atoms with Crippen LogP contribution in [0.5, 0.6) is 0 Å². The average Bonchev–Trinajstić information content (AvgIpc) is 2.83. The topological polar surface area (TPSA) is 57.8 Å². The van der Waals surface area contributed by atoms with Gasteiger partial charge in [0.25, 0.3) is 0 Å². The van der Waals surface area contributed by atoms with Crippen molar-refractivity contribution in [3.63, 3.8) is 0 Å². The molecule has 0 fully saturated rings. The first kappa shape index (κ1) is 12.4. The van der Waals surface area contributed by atoms with E-state index < -0.39 is 0 Å². The second-order valence-electron chi connectivity index (χ2n) is 4.81. The lowest BCUT2D eigenvalue weighted by Crippen LogP contribution is -2.15. The predicted octanol–water partition coefficient (Wildman–Crippen LogP) is 3.05. The van der Waals surface area contributed by atoms with E-state index in [0.717, 1.165) is 16.6 Å². The maximum absolute atomic E-state index is 12.0. The molecule has 3 aromatic rings. The lowest BCUT2D eigenvalue weighted by atomic mass is 10.1. The van der Waals surface area contributed by atoms with Gasteiger partial charge in [-0.1, -0.05) is 42.0 Å². The number of amides is 1. The van der Waals surface area contributed by atoms with Crippen molar-refractivity contribution in [3.05, 3.63) is 59.7 Å². The van der Waals surface area contributed by atoms with Gasteiger partial charge < -0.3 is 4.98 Å². The molecule has 4 nitrogen and oxygen atoms in total. The third-order valence-electron chi connectivity index (χ3n) is 3.13. The van der Waals surface area contributed by atoms with E-state index in [1.807, 2.05) is 55.5 Å². The number of hydrogen-bond donors (Lipinski definition) is 2. The summed E-state index contributed by atoms with van der Waals surface area (Å²) in [5.74, 6) is 0.413. The highest BCUT2D eigenvalue weighted by atomic mass is 16.1. The van der Waals surface area contributed by atoms with Crippen LogP contribution in [0, 0.1) is 6.92 Å². The summed E-state index contributed by atoms with van der Waals surface area (Å²) in [6.07, 6.45) is 0.345. The summed E-state index contributed by atoms with van der Waals surface area (Å²) in [5.41, 5.74) is 3.94. The molecule has 0 atom stereocenters. The summed E-state index contributed by atoms with van der Waals surface area (Å²) in [6, 6.07) is 15.6. The molecule has 2 N–H and O–H groups in total. The molecule has 0 saturated heterocycles. The third-order valence-corrected chi connectivity index (χ3v) is 3.13. The van der Waals surface area contributed by atoms with Gasteiger partial charge in [0.1, 0.15) is 0 Å². The van der Waals surface area contributed by atoms with Crippen LogP contribution in [0.2, 0.25) is 0 Å². The number of aryl methyl sites for hydroxylation is 1. The number of carbonyl (C=O) groups excluding carboxylic acids is 1. The maximum atomic E-state index is 12.0. The minimum atomic E-state index is -0.0760. The lowest BCUT2D eigenvalue weighted by Gasteiger charge is -2.02. The number of nitrogens with one attached hydrogen (secondary N) is 2. The molecule has 0 saturated carbocycles. The summed E-state index contributed by atoms with van der Waals surface area (Å²) < 4.78 is 0. The van der Waals surface area contributed by atoms with Crippen molar-refractivity contribution < 1.29 is 4.79 Å². The van der Waals surface area contributed by atoms with E-state index in [1.165, 1.54) is 5.56 Å². The Bertz CT molecular complexity index is 711. The minimum absolute atomic E-state index is 0.0760. The largest absolute Gasteiger partial charge is 0.324 e. The number of aromatic amines is 1. The van der Waals surface area contributed by atoms with Gasteiger partial charge in [-0.25, -0.2) is 4.98 Å². The molecule has 0 aliphatic carbocycles. The zero-order valence-electron chi connectivity index (χ0n) is 11.2. The highest BCUT2D eigenvalue weighted by Gasteiger charge is 2.07. The Morgan fingerprint density at radius 2 is 1.90 bits per heavy atom. The fourth-order valence-electron chi connectivity index (χ4n) is 2.08. The zero-order chi connectivity index (χ0) is 13.9. The Morgan fingerprint density at radius 3 is 2.65 bits per heavy atom. The van der Waals surface area contributed by atoms with Crippen molar-refractivity contribution >= 4 is 22.9 Å². The monoisotopic (exact) mass is 265 g/mol. The summed E-state index contributed by atoms with van der Waals surface area (Å²) in [5, 5.41) is 2.79. The average molecular weight is 265 g/mol. The van der Waals surface area contributed by atoms with Crippen LogP contribution in [-0.4, -0.2) is 15.9 Å². The van der Waals surface area contributed by atoms with Crippen LogP contribution in [0.25, 0.3) is 11.0 Å². The van der Waals surface area contributed by atoms with Gasteiger partial charge in [-0.15, -0.1) is 0 Å². The predicted molar refractivity (Wildman–Crippen MR) is 79.6 cm³/mol. The molecule has 20 heavy (non-hydrogen) atoms. The molecule has 1 amide bonds. The number of aromatic nitrogens is 2. The van der Waals surface area contributed by atoms with Crippen LogP contribution < -0.4 is 5.32 Å². The van der Waals surface area contributed by atoms with Gasteiger partial charge in [-0.3, -0.25) is 10.1 Å². The number of benzene rings is 2. The summed E-state index contributed by atoms with van der Waals surface area (Å²) in [7, 11) is 0. The van der Waals surface area contributed by atoms with Crippen LogP contribution in [0.15, 0.2) is 48.5 Å². The van der Waals surface area contributed by atoms with E-state index in [9.17, 15) is 4.79 Å². The molecule has 3 rings (SSSR count). The summed E-state index contributed by atoms with van der Waals surface area (Å²) in [6.45, 7) is 2.03. The Kier molecular flexibility index (Phi) is 3.21. The second-order valence-corrected chi connectivity index (χ2v) is 4.81. The number of imidazole rings is 1. The molecule has 0 bridgehead atoms. The van der Waals surface area contributed by atoms with Crippen molar-refractivity contribution in [1.29, 1.82) is 0 Å². The van der Waals surface area contributed by atoms with E-state index in [0.29, 0.717) is 12.4 Å². The van der Waals surface area contributed by atoms with Crippen molar-refractivity contribution in [2.75, 3.05) is 5.32 Å². The number of nitrogens with zero attached hydrogens (tertiary/aromatic N) is 1. The van der Waals surface area contributed by atoms with Gasteiger partial charge in [0, 0.05) is 0 Å². The van der Waals surface area contributed by atoms with E-state index in [2.05, 4.69) is 15.3 Å². The smallest absolute Gasteiger partial charge is 0.231 e. The molecular weight excluding hydrogens is 250 g/mol. The first-order chi connectivity index (χ1) is 9.70. The zero-order valence-corrected chi connectivity index (χ0v) is 11.2. The van der Waals surface area contributed by atoms with E-state index >= 15 is 0 Å². The number of anilines is 1. The first-order valence-corrected chi connectivity index (χ1v) is 6.51. The number of carbonyl (C=O) groups is 1. The number of fused-ring (bicyclic) bond motifs is 1. The van der Waals surface area contributed by atoms with E-state index in [-0.39, 0.29) is 5.91 Å². The molecule has 100 valence electrons. The number of hydrogen-bond acceptors (Lipinski definition) is 2. The molecule has 0 radical (unpaired) electrons. The molecule has 0 aliphatic rings. The summed E-state index contributed by atoms with van der Waals surface area (Å²) >= 11 is 0. The number of para-hydroxylation sites is 2. The third kappa shape index (κ3) is 2.69. The Labute approximate surface area is 116 Å². The molecule has 0 unspecified atom stereocenters. The van der Waals surface area contributed by atoms with Gasteiger partial charge in [0.15, 0.2) is 0 Å². The van der Waals surface area contributed by atoms with Crippen molar-refractivity contribution in [2.24, 2.45) is 0 Å². The molecule has 2 aromatic carbocycles. The van der Waals surface area contributed by atoms with Gasteiger partial charge in [-0.2, -0.15) is 0 Å². The van der Waals surface area contributed by atoms with Crippen LogP contribution in [0.3, 0.4) is 0 Å². The quantitative estimate of drug-likeness (QED) is 0.764. The maximum Gasteiger partial charge on any atom is 0.231 e. The Hall–Kier alpha value is -2.62. The van der Waals surface area contributed by atoms with Crippen molar-refractivity contribution in [1.82, 2.24) is 9.97 Å². The molecule has 1 heterocycles. The summed E-state index contributed by atoms with van der Waals surface area (Å²) in [4.78, 5) is 19.4. The van der Waals surface area contributed by atoms with Crippen LogP contribution >= 0.6 is 0 Å². The lowest BCUT2D eigenvalue weighted by molar-refractivity contribution is -0.115. The fraction of sp³-hybridized carbons (Fsp3) is 0.125. The highest BCUT2D eigenvalue weighted by Crippen LogP contribution is 2.13. The van der Waals surface area contributed by atoms with Gasteiger partial charge in [0.2, 0.25) is 11.9 Å². The van der Waals surface area contributed by atoms with E-state index in [1.54, 1.807) is 0 Å². The number of H-pyrrole nitrogens is 1. The molecular formula is C16H15N3O. The standard InChI is InChI=1S/C16H15N3O/c1-11-6-8-12(9-7-11)10-15(20)19-16-17-13-4-2-3-5-14(13)18-16/h2-9H,10H2,1H3,(H2,17,18,19,20). The van der Waals surface area contributed by atoms with Crippen molar-refractivity contribution in [3.8, 4) is 0 Å². The first-order valence-electron chi connectivity index (χ1n) is 6.51. The molecule has 1 aromatic heterocycles. The molecule has 0 spiro atoms. The Morgan fingerprint density at radius 1 is 1.15 bits per heavy atom. The minimum Gasteiger partial charge on any atom is -0.324 e. The highest BCUT2D eigenvalue weighted by molar-refractivity contribution is 5.92. The Balaban J connectivity index is 1.70. The van der Waals surface area contributed by atoms with Crippen LogP contribution in [-0.2, 0) is 11.2 Å². The van der Waals surface area contributed by atoms with Gasteiger partial charge >= 0.3 is 0 Å². The van der Waals surface area contributed by atoms with Crippen LogP contribution in [0.4, 0.5) is 5.95 Å². The fourth-order valence-corrected chi connectivity index (χ4v) is 2.08. The van der Waals surface area contributed by atoms with Gasteiger partial charge in [0.05, 0.1) is 17.5 Å². The molecule has 0 aliphatic heterocycles. The van der Waals surface area contributed by atoms with Crippen molar-refractivity contribution in [2.45, 2.75) is 13.3 Å². The SMILES string of the molecule is Cc1ccc(CC(=O)Nc2nc3ccccc3[nH]2)cc1. The van der Waals surface area contributed by atoms with Crippen LogP contribution in [0.1, 0.15) is 11.1 Å².